The Kier molecular flexibility index (Phi) is 3.86. The Balaban J connectivity index is 3.12. The molecule has 0 fully saturated rings. The van der Waals surface area contributed by atoms with Crippen LogP contribution in [0.1, 0.15) is 16.7 Å². The summed E-state index contributed by atoms with van der Waals surface area (Å²) in [5.74, 6) is -0.524. The minimum Gasteiger partial charge on any atom is -0.508 e. The van der Waals surface area contributed by atoms with E-state index in [4.69, 9.17) is 11.0 Å². The predicted molar refractivity (Wildman–Crippen MR) is 56.4 cm³/mol. The van der Waals surface area contributed by atoms with E-state index in [-0.39, 0.29) is 18.7 Å². The summed E-state index contributed by atoms with van der Waals surface area (Å²) in [7, 11) is 1.26. The van der Waals surface area contributed by atoms with Gasteiger partial charge in [0, 0.05) is 12.1 Å². The van der Waals surface area contributed by atoms with E-state index in [1.54, 1.807) is 0 Å². The third-order valence-corrected chi connectivity index (χ3v) is 2.21. The molecular formula is C11H12N2O3. The van der Waals surface area contributed by atoms with Crippen molar-refractivity contribution >= 4 is 5.97 Å². The van der Waals surface area contributed by atoms with E-state index in [1.807, 2.05) is 6.07 Å². The number of methoxy groups -OCH3 is 1. The highest BCUT2D eigenvalue weighted by Crippen LogP contribution is 2.22. The number of carbonyl (C=O) groups excluding carboxylic acids is 1. The van der Waals surface area contributed by atoms with Crippen molar-refractivity contribution in [1.29, 1.82) is 5.26 Å². The van der Waals surface area contributed by atoms with Crippen LogP contribution in [0.15, 0.2) is 12.1 Å². The van der Waals surface area contributed by atoms with E-state index in [1.165, 1.54) is 19.2 Å². The first kappa shape index (κ1) is 12.0. The molecular weight excluding hydrogens is 208 g/mol. The summed E-state index contributed by atoms with van der Waals surface area (Å²) in [5.41, 5.74) is 6.69. The van der Waals surface area contributed by atoms with Crippen LogP contribution in [-0.2, 0) is 22.5 Å². The third kappa shape index (κ3) is 2.49. The van der Waals surface area contributed by atoms with E-state index in [9.17, 15) is 9.90 Å². The highest BCUT2D eigenvalue weighted by atomic mass is 16.5. The van der Waals surface area contributed by atoms with Crippen LogP contribution in [0.4, 0.5) is 0 Å². The number of aromatic hydroxyl groups is 1. The van der Waals surface area contributed by atoms with Gasteiger partial charge in [-0.2, -0.15) is 5.26 Å². The molecule has 0 saturated carbocycles. The molecule has 0 saturated heterocycles. The number of hydrogen-bond donors (Lipinski definition) is 2. The Morgan fingerprint density at radius 2 is 2.25 bits per heavy atom. The smallest absolute Gasteiger partial charge is 0.310 e. The molecule has 3 N–H and O–H groups in total. The molecule has 0 aliphatic rings. The Hall–Kier alpha value is -2.06. The van der Waals surface area contributed by atoms with Gasteiger partial charge in [-0.05, 0) is 17.7 Å². The zero-order valence-corrected chi connectivity index (χ0v) is 8.86. The van der Waals surface area contributed by atoms with Gasteiger partial charge in [0.2, 0.25) is 0 Å². The first-order valence-electron chi connectivity index (χ1n) is 4.64. The third-order valence-electron chi connectivity index (χ3n) is 2.21. The van der Waals surface area contributed by atoms with Crippen molar-refractivity contribution < 1.29 is 14.6 Å². The quantitative estimate of drug-likeness (QED) is 0.720. The van der Waals surface area contributed by atoms with E-state index in [0.717, 1.165) is 0 Å². The summed E-state index contributed by atoms with van der Waals surface area (Å²) in [4.78, 5) is 11.0. The number of esters is 1. The van der Waals surface area contributed by atoms with E-state index < -0.39 is 5.97 Å². The Bertz CT molecular complexity index is 449. The molecule has 0 spiro atoms. The SMILES string of the molecule is COC(=O)Cc1cc(C#N)c(CN)cc1O. The molecule has 5 nitrogen and oxygen atoms in total. The maximum Gasteiger partial charge on any atom is 0.310 e. The normalized spacial score (nSPS) is 9.56. The summed E-state index contributed by atoms with van der Waals surface area (Å²) in [6, 6.07) is 4.81. The first-order valence-corrected chi connectivity index (χ1v) is 4.64. The van der Waals surface area contributed by atoms with E-state index >= 15 is 0 Å². The molecule has 5 heteroatoms. The van der Waals surface area contributed by atoms with Crippen LogP contribution in [0, 0.1) is 11.3 Å². The van der Waals surface area contributed by atoms with Crippen molar-refractivity contribution in [2.75, 3.05) is 7.11 Å². The van der Waals surface area contributed by atoms with Gasteiger partial charge >= 0.3 is 5.97 Å². The number of phenolic OH excluding ortho intramolecular Hbond substituents is 1. The first-order chi connectivity index (χ1) is 7.62. The molecule has 1 rings (SSSR count). The number of hydrogen-bond acceptors (Lipinski definition) is 5. The van der Waals surface area contributed by atoms with Crippen LogP contribution in [0.5, 0.6) is 5.75 Å². The monoisotopic (exact) mass is 220 g/mol. The predicted octanol–water partition coefficient (Wildman–Crippen LogP) is 0.438. The Labute approximate surface area is 93.1 Å². The molecule has 0 heterocycles. The molecule has 0 unspecified atom stereocenters. The molecule has 0 aliphatic carbocycles. The number of benzene rings is 1. The van der Waals surface area contributed by atoms with E-state index in [0.29, 0.717) is 16.7 Å². The molecule has 0 amide bonds. The maximum atomic E-state index is 11.0. The zero-order valence-electron chi connectivity index (χ0n) is 8.86. The van der Waals surface area contributed by atoms with Gasteiger partial charge in [0.05, 0.1) is 25.2 Å². The fourth-order valence-electron chi connectivity index (χ4n) is 1.32. The summed E-state index contributed by atoms with van der Waals surface area (Å²) in [6.45, 7) is 0.162. The van der Waals surface area contributed by atoms with Gasteiger partial charge in [-0.3, -0.25) is 4.79 Å². The molecule has 1 aromatic carbocycles. The number of nitrogens with zero attached hydrogens (tertiary/aromatic N) is 1. The van der Waals surface area contributed by atoms with Crippen molar-refractivity contribution in [2.45, 2.75) is 13.0 Å². The van der Waals surface area contributed by atoms with Crippen LogP contribution in [-0.4, -0.2) is 18.2 Å². The molecule has 0 atom stereocenters. The van der Waals surface area contributed by atoms with Crippen LogP contribution < -0.4 is 5.73 Å². The van der Waals surface area contributed by atoms with Crippen molar-refractivity contribution in [3.63, 3.8) is 0 Å². The van der Waals surface area contributed by atoms with Gasteiger partial charge in [-0.15, -0.1) is 0 Å². The highest BCUT2D eigenvalue weighted by Gasteiger charge is 2.11. The standard InChI is InChI=1S/C11H12N2O3/c1-16-11(15)4-7-2-8(5-12)9(6-13)3-10(7)14/h2-3,14H,4,6,13H2,1H3. The number of nitrogens with two attached hydrogens (primary N) is 1. The second kappa shape index (κ2) is 5.14. The lowest BCUT2D eigenvalue weighted by Crippen LogP contribution is -2.06. The Morgan fingerprint density at radius 1 is 1.56 bits per heavy atom. The van der Waals surface area contributed by atoms with Crippen molar-refractivity contribution in [2.24, 2.45) is 5.73 Å². The topological polar surface area (TPSA) is 96.3 Å². The number of carbonyl (C=O) groups is 1. The maximum absolute atomic E-state index is 11.0. The van der Waals surface area contributed by atoms with Crippen molar-refractivity contribution in [3.8, 4) is 11.8 Å². The fourth-order valence-corrected chi connectivity index (χ4v) is 1.32. The highest BCUT2D eigenvalue weighted by molar-refractivity contribution is 5.73. The van der Waals surface area contributed by atoms with Crippen LogP contribution >= 0.6 is 0 Å². The fraction of sp³-hybridized carbons (Fsp3) is 0.273. The minimum absolute atomic E-state index is 0.0511. The average Bonchev–Trinajstić information content (AvgIpc) is 2.30. The molecule has 1 aromatic rings. The van der Waals surface area contributed by atoms with Gasteiger partial charge in [-0.25, -0.2) is 0 Å². The molecule has 0 bridgehead atoms. The number of rotatable bonds is 3. The number of ether oxygens (including phenoxy) is 1. The van der Waals surface area contributed by atoms with Gasteiger partial charge in [0.15, 0.2) is 0 Å². The number of phenols is 1. The van der Waals surface area contributed by atoms with Gasteiger partial charge in [-0.1, -0.05) is 0 Å². The van der Waals surface area contributed by atoms with Gasteiger partial charge in [0.1, 0.15) is 5.75 Å². The van der Waals surface area contributed by atoms with Crippen molar-refractivity contribution in [1.82, 2.24) is 0 Å². The van der Waals surface area contributed by atoms with Crippen LogP contribution in [0.25, 0.3) is 0 Å². The van der Waals surface area contributed by atoms with Crippen LogP contribution in [0.2, 0.25) is 0 Å². The summed E-state index contributed by atoms with van der Waals surface area (Å²) >= 11 is 0. The Morgan fingerprint density at radius 3 is 2.75 bits per heavy atom. The minimum atomic E-state index is -0.473. The lowest BCUT2D eigenvalue weighted by molar-refractivity contribution is -0.139. The molecule has 0 aromatic heterocycles. The summed E-state index contributed by atoms with van der Waals surface area (Å²) in [6.07, 6.45) is -0.0676. The second-order valence-corrected chi connectivity index (χ2v) is 3.21. The van der Waals surface area contributed by atoms with E-state index in [2.05, 4.69) is 4.74 Å². The largest absolute Gasteiger partial charge is 0.508 e. The molecule has 84 valence electrons. The molecule has 16 heavy (non-hydrogen) atoms. The molecule has 0 radical (unpaired) electrons. The van der Waals surface area contributed by atoms with Gasteiger partial charge < -0.3 is 15.6 Å². The summed E-state index contributed by atoms with van der Waals surface area (Å²) in [5, 5.41) is 18.5. The van der Waals surface area contributed by atoms with Gasteiger partial charge in [0.25, 0.3) is 0 Å². The lowest BCUT2D eigenvalue weighted by Gasteiger charge is -2.07. The lowest BCUT2D eigenvalue weighted by atomic mass is 10.0. The average molecular weight is 220 g/mol. The summed E-state index contributed by atoms with van der Waals surface area (Å²) < 4.78 is 4.48. The molecule has 0 aliphatic heterocycles. The van der Waals surface area contributed by atoms with Crippen molar-refractivity contribution in [3.05, 3.63) is 28.8 Å². The second-order valence-electron chi connectivity index (χ2n) is 3.21. The zero-order chi connectivity index (χ0) is 12.1. The van der Waals surface area contributed by atoms with Crippen LogP contribution in [0.3, 0.4) is 0 Å². The number of nitriles is 1.